The average Bonchev–Trinajstić information content (AvgIpc) is 3.13. The molecule has 0 fully saturated rings. The molecule has 9 heteroatoms. The van der Waals surface area contributed by atoms with Crippen LogP contribution in [0.5, 0.6) is 17.4 Å². The quantitative estimate of drug-likeness (QED) is 0.629. The number of nitriles is 1. The molecule has 0 bridgehead atoms. The Balaban J connectivity index is 1.92. The molecule has 4 rings (SSSR count). The Morgan fingerprint density at radius 1 is 1.19 bits per heavy atom. The number of aromatic nitrogens is 2. The minimum atomic E-state index is -1.02. The summed E-state index contributed by atoms with van der Waals surface area (Å²) in [4.78, 5) is 11.2. The molecule has 2 aromatic carbocycles. The van der Waals surface area contributed by atoms with Crippen LogP contribution < -0.4 is 19.9 Å². The van der Waals surface area contributed by atoms with Gasteiger partial charge in [-0.05, 0) is 48.9 Å². The normalized spacial score (nSPS) is 14.9. The molecule has 32 heavy (non-hydrogen) atoms. The van der Waals surface area contributed by atoms with E-state index in [2.05, 4.69) is 11.2 Å². The number of hydrogen-bond acceptors (Lipinski definition) is 7. The first kappa shape index (κ1) is 21.0. The van der Waals surface area contributed by atoms with E-state index in [-0.39, 0.29) is 11.1 Å². The SMILES string of the molecule is COc1ccc(C2=C(C#N)C(N)Oc3c2c(C)nn3-c2ccc(C(=O)O)cc2)cc1OC. The van der Waals surface area contributed by atoms with Crippen molar-refractivity contribution in [3.63, 3.8) is 0 Å². The molecular weight excluding hydrogens is 412 g/mol. The van der Waals surface area contributed by atoms with E-state index >= 15 is 0 Å². The highest BCUT2D eigenvalue weighted by molar-refractivity contribution is 5.90. The predicted octanol–water partition coefficient (Wildman–Crippen LogP) is 2.90. The van der Waals surface area contributed by atoms with Crippen molar-refractivity contribution >= 4 is 11.5 Å². The summed E-state index contributed by atoms with van der Waals surface area (Å²) in [5, 5.41) is 23.6. The van der Waals surface area contributed by atoms with Crippen LogP contribution in [0.3, 0.4) is 0 Å². The van der Waals surface area contributed by atoms with Gasteiger partial charge in [-0.1, -0.05) is 6.07 Å². The summed E-state index contributed by atoms with van der Waals surface area (Å²) in [6, 6.07) is 13.7. The number of carboxylic acids is 1. The molecular formula is C23H20N4O5. The maximum absolute atomic E-state index is 11.2. The lowest BCUT2D eigenvalue weighted by molar-refractivity contribution is 0.0697. The molecule has 1 aromatic heterocycles. The number of aromatic carboxylic acids is 1. The van der Waals surface area contributed by atoms with Crippen LogP contribution in [-0.2, 0) is 0 Å². The highest BCUT2D eigenvalue weighted by atomic mass is 16.5. The molecule has 1 unspecified atom stereocenters. The van der Waals surface area contributed by atoms with Crippen LogP contribution in [0.1, 0.15) is 27.2 Å². The lowest BCUT2D eigenvalue weighted by atomic mass is 9.91. The van der Waals surface area contributed by atoms with Crippen LogP contribution in [0.25, 0.3) is 11.3 Å². The fourth-order valence-electron chi connectivity index (χ4n) is 3.69. The Kier molecular flexibility index (Phi) is 5.30. The Bertz CT molecular complexity index is 1280. The number of nitrogens with two attached hydrogens (primary N) is 1. The van der Waals surface area contributed by atoms with E-state index in [0.29, 0.717) is 45.5 Å². The van der Waals surface area contributed by atoms with Gasteiger partial charge in [-0.15, -0.1) is 0 Å². The van der Waals surface area contributed by atoms with Gasteiger partial charge in [-0.2, -0.15) is 10.4 Å². The van der Waals surface area contributed by atoms with Gasteiger partial charge in [0.05, 0.1) is 42.3 Å². The monoisotopic (exact) mass is 432 g/mol. The number of ether oxygens (including phenoxy) is 3. The Labute approximate surface area is 183 Å². The Hall–Kier alpha value is -4.29. The number of nitrogens with zero attached hydrogens (tertiary/aromatic N) is 3. The second kappa shape index (κ2) is 8.09. The molecule has 0 spiro atoms. The molecule has 1 aliphatic heterocycles. The van der Waals surface area contributed by atoms with Crippen molar-refractivity contribution in [2.24, 2.45) is 5.73 Å². The van der Waals surface area contributed by atoms with Crippen molar-refractivity contribution < 1.29 is 24.1 Å². The van der Waals surface area contributed by atoms with E-state index in [1.54, 1.807) is 43.0 Å². The first-order chi connectivity index (χ1) is 15.4. The van der Waals surface area contributed by atoms with E-state index in [0.717, 1.165) is 0 Å². The fraction of sp³-hybridized carbons (Fsp3) is 0.174. The third-order valence-corrected chi connectivity index (χ3v) is 5.21. The van der Waals surface area contributed by atoms with Gasteiger partial charge in [-0.3, -0.25) is 5.73 Å². The van der Waals surface area contributed by atoms with Crippen LogP contribution >= 0.6 is 0 Å². The molecule has 0 amide bonds. The predicted molar refractivity (Wildman–Crippen MR) is 115 cm³/mol. The highest BCUT2D eigenvalue weighted by Crippen LogP contribution is 2.43. The third-order valence-electron chi connectivity index (χ3n) is 5.21. The molecule has 1 aliphatic rings. The third kappa shape index (κ3) is 3.33. The van der Waals surface area contributed by atoms with Crippen molar-refractivity contribution in [1.82, 2.24) is 9.78 Å². The van der Waals surface area contributed by atoms with Gasteiger partial charge in [-0.25, -0.2) is 9.48 Å². The van der Waals surface area contributed by atoms with E-state index in [1.807, 2.05) is 6.07 Å². The average molecular weight is 432 g/mol. The zero-order valence-electron chi connectivity index (χ0n) is 17.6. The Morgan fingerprint density at radius 2 is 1.88 bits per heavy atom. The summed E-state index contributed by atoms with van der Waals surface area (Å²) < 4.78 is 18.2. The highest BCUT2D eigenvalue weighted by Gasteiger charge is 2.33. The standard InChI is InChI=1S/C23H20N4O5/c1-12-19-20(14-6-9-17(30-2)18(10-14)31-3)16(11-24)21(25)32-22(19)27(26-12)15-7-4-13(5-8-15)23(28)29/h4-10,21H,25H2,1-3H3,(H,28,29). The molecule has 3 aromatic rings. The number of hydrogen-bond donors (Lipinski definition) is 2. The van der Waals surface area contributed by atoms with E-state index < -0.39 is 12.2 Å². The summed E-state index contributed by atoms with van der Waals surface area (Å²) in [6.07, 6.45) is -1.01. The first-order valence-corrected chi connectivity index (χ1v) is 9.62. The number of rotatable bonds is 5. The van der Waals surface area contributed by atoms with Crippen LogP contribution in [0.2, 0.25) is 0 Å². The zero-order valence-corrected chi connectivity index (χ0v) is 17.6. The van der Waals surface area contributed by atoms with Crippen molar-refractivity contribution in [3.8, 4) is 29.1 Å². The number of carbonyl (C=O) groups is 1. The van der Waals surface area contributed by atoms with E-state index in [1.165, 1.54) is 19.2 Å². The van der Waals surface area contributed by atoms with Crippen LogP contribution in [0, 0.1) is 18.3 Å². The fourth-order valence-corrected chi connectivity index (χ4v) is 3.69. The second-order valence-corrected chi connectivity index (χ2v) is 7.04. The summed E-state index contributed by atoms with van der Waals surface area (Å²) in [7, 11) is 3.08. The minimum absolute atomic E-state index is 0.154. The van der Waals surface area contributed by atoms with Gasteiger partial charge in [0.25, 0.3) is 0 Å². The van der Waals surface area contributed by atoms with E-state index in [9.17, 15) is 10.1 Å². The van der Waals surface area contributed by atoms with Crippen molar-refractivity contribution in [1.29, 1.82) is 5.26 Å². The number of benzene rings is 2. The lowest BCUT2D eigenvalue weighted by Crippen LogP contribution is -2.33. The van der Waals surface area contributed by atoms with Gasteiger partial charge >= 0.3 is 5.97 Å². The zero-order chi connectivity index (χ0) is 23.0. The minimum Gasteiger partial charge on any atom is -0.493 e. The van der Waals surface area contributed by atoms with Crippen LogP contribution in [0.4, 0.5) is 0 Å². The number of aryl methyl sites for hydroxylation is 1. The molecule has 1 atom stereocenters. The molecule has 162 valence electrons. The summed E-state index contributed by atoms with van der Waals surface area (Å²) in [5.41, 5.74) is 9.74. The van der Waals surface area contributed by atoms with Gasteiger partial charge in [0.1, 0.15) is 6.07 Å². The topological polar surface area (TPSA) is 133 Å². The number of fused-ring (bicyclic) bond motifs is 1. The number of methoxy groups -OCH3 is 2. The maximum Gasteiger partial charge on any atom is 0.335 e. The molecule has 0 saturated carbocycles. The number of carboxylic acid groups (broad SMARTS) is 1. The second-order valence-electron chi connectivity index (χ2n) is 7.04. The van der Waals surface area contributed by atoms with Gasteiger partial charge < -0.3 is 19.3 Å². The van der Waals surface area contributed by atoms with Crippen molar-refractivity contribution in [2.45, 2.75) is 13.2 Å². The lowest BCUT2D eigenvalue weighted by Gasteiger charge is -2.25. The maximum atomic E-state index is 11.2. The van der Waals surface area contributed by atoms with Crippen LogP contribution in [0.15, 0.2) is 48.0 Å². The molecule has 0 radical (unpaired) electrons. The summed E-state index contributed by atoms with van der Waals surface area (Å²) >= 11 is 0. The van der Waals surface area contributed by atoms with Gasteiger partial charge in [0, 0.05) is 5.57 Å². The molecule has 0 saturated heterocycles. The summed E-state index contributed by atoms with van der Waals surface area (Å²) in [6.45, 7) is 1.80. The molecule has 3 N–H and O–H groups in total. The van der Waals surface area contributed by atoms with Crippen molar-refractivity contribution in [2.75, 3.05) is 14.2 Å². The molecule has 2 heterocycles. The van der Waals surface area contributed by atoms with Crippen molar-refractivity contribution in [3.05, 3.63) is 70.4 Å². The summed E-state index contributed by atoms with van der Waals surface area (Å²) in [5.74, 6) is 0.399. The smallest absolute Gasteiger partial charge is 0.335 e. The van der Waals surface area contributed by atoms with Gasteiger partial charge in [0.2, 0.25) is 5.88 Å². The van der Waals surface area contributed by atoms with Gasteiger partial charge in [0.15, 0.2) is 17.7 Å². The molecule has 9 nitrogen and oxygen atoms in total. The largest absolute Gasteiger partial charge is 0.493 e. The first-order valence-electron chi connectivity index (χ1n) is 9.62. The van der Waals surface area contributed by atoms with E-state index in [4.69, 9.17) is 25.1 Å². The van der Waals surface area contributed by atoms with Crippen LogP contribution in [-0.4, -0.2) is 41.3 Å². The molecule has 0 aliphatic carbocycles. The Morgan fingerprint density at radius 3 is 2.47 bits per heavy atom.